The lowest BCUT2D eigenvalue weighted by molar-refractivity contribution is 0.0635. The van der Waals surface area contributed by atoms with Gasteiger partial charge in [-0.3, -0.25) is 10.1 Å². The summed E-state index contributed by atoms with van der Waals surface area (Å²) in [7, 11) is 0. The molecule has 6 heteroatoms. The fraction of sp³-hybridized carbons (Fsp3) is 0.222. The molecular weight excluding hydrogens is 308 g/mol. The van der Waals surface area contributed by atoms with Crippen LogP contribution in [0, 0.1) is 0 Å². The van der Waals surface area contributed by atoms with E-state index >= 15 is 0 Å². The third-order valence-corrected chi connectivity index (χ3v) is 2.90. The van der Waals surface area contributed by atoms with Crippen molar-refractivity contribution in [1.29, 1.82) is 0 Å². The molecule has 0 bridgehead atoms. The zero-order chi connectivity index (χ0) is 17.7. The second-order valence-corrected chi connectivity index (χ2v) is 6.21. The van der Waals surface area contributed by atoms with E-state index in [0.717, 1.165) is 0 Å². The molecule has 0 unspecified atom stereocenters. The number of carbonyl (C=O) groups excluding carboxylic acids is 2. The summed E-state index contributed by atoms with van der Waals surface area (Å²) in [4.78, 5) is 23.8. The van der Waals surface area contributed by atoms with Crippen LogP contribution in [0.25, 0.3) is 0 Å². The first-order chi connectivity index (χ1) is 11.2. The molecular formula is C18H20N2O4. The van der Waals surface area contributed by atoms with Crippen molar-refractivity contribution in [2.24, 2.45) is 0 Å². The average molecular weight is 328 g/mol. The minimum absolute atomic E-state index is 0.0274. The second kappa shape index (κ2) is 7.04. The van der Waals surface area contributed by atoms with Crippen molar-refractivity contribution in [3.05, 3.63) is 54.1 Å². The molecule has 0 spiro atoms. The molecule has 0 aromatic heterocycles. The number of phenolic OH excluding ortho intramolecular Hbond substituents is 1. The molecule has 0 fully saturated rings. The van der Waals surface area contributed by atoms with Crippen LogP contribution in [0.5, 0.6) is 5.75 Å². The van der Waals surface area contributed by atoms with Gasteiger partial charge in [0, 0.05) is 16.9 Å². The van der Waals surface area contributed by atoms with Gasteiger partial charge in [-0.2, -0.15) is 0 Å². The Kier molecular flexibility index (Phi) is 5.08. The molecule has 2 aromatic rings. The summed E-state index contributed by atoms with van der Waals surface area (Å²) >= 11 is 0. The summed E-state index contributed by atoms with van der Waals surface area (Å²) in [6.45, 7) is 5.35. The van der Waals surface area contributed by atoms with Crippen molar-refractivity contribution in [3.8, 4) is 5.75 Å². The molecule has 3 N–H and O–H groups in total. The molecule has 2 amide bonds. The van der Waals surface area contributed by atoms with E-state index < -0.39 is 11.7 Å². The van der Waals surface area contributed by atoms with E-state index in [9.17, 15) is 14.7 Å². The monoisotopic (exact) mass is 328 g/mol. The van der Waals surface area contributed by atoms with Crippen molar-refractivity contribution >= 4 is 23.4 Å². The fourth-order valence-corrected chi connectivity index (χ4v) is 1.91. The minimum atomic E-state index is -0.570. The van der Waals surface area contributed by atoms with Crippen molar-refractivity contribution in [3.63, 3.8) is 0 Å². The highest BCUT2D eigenvalue weighted by atomic mass is 16.6. The maximum absolute atomic E-state index is 12.1. The van der Waals surface area contributed by atoms with Crippen LogP contribution < -0.4 is 10.6 Å². The minimum Gasteiger partial charge on any atom is -0.508 e. The summed E-state index contributed by atoms with van der Waals surface area (Å²) in [6.07, 6.45) is -0.543. The Bertz CT molecular complexity index is 733. The van der Waals surface area contributed by atoms with Crippen LogP contribution in [0.4, 0.5) is 16.2 Å². The summed E-state index contributed by atoms with van der Waals surface area (Å²) < 4.78 is 5.16. The first kappa shape index (κ1) is 17.3. The Balaban J connectivity index is 1.97. The lowest BCUT2D eigenvalue weighted by atomic mass is 10.2. The topological polar surface area (TPSA) is 87.7 Å². The van der Waals surface area contributed by atoms with E-state index in [4.69, 9.17) is 4.74 Å². The van der Waals surface area contributed by atoms with Gasteiger partial charge in [-0.05, 0) is 63.2 Å². The number of ether oxygens (including phenoxy) is 1. The zero-order valence-electron chi connectivity index (χ0n) is 13.8. The van der Waals surface area contributed by atoms with Gasteiger partial charge in [-0.1, -0.05) is 6.07 Å². The Morgan fingerprint density at radius 2 is 1.54 bits per heavy atom. The number of phenols is 1. The summed E-state index contributed by atoms with van der Waals surface area (Å²) in [5.41, 5.74) is 0.905. The molecule has 0 atom stereocenters. The molecule has 0 aliphatic heterocycles. The van der Waals surface area contributed by atoms with Gasteiger partial charge in [-0.25, -0.2) is 4.79 Å². The number of hydrogen-bond acceptors (Lipinski definition) is 4. The molecule has 6 nitrogen and oxygen atoms in total. The molecule has 0 saturated heterocycles. The number of benzene rings is 2. The number of rotatable bonds is 3. The molecule has 0 aliphatic carbocycles. The van der Waals surface area contributed by atoms with Crippen LogP contribution in [0.3, 0.4) is 0 Å². The summed E-state index contributed by atoms with van der Waals surface area (Å²) in [5, 5.41) is 14.7. The molecule has 0 heterocycles. The third-order valence-electron chi connectivity index (χ3n) is 2.90. The fourth-order valence-electron chi connectivity index (χ4n) is 1.91. The van der Waals surface area contributed by atoms with E-state index in [0.29, 0.717) is 16.9 Å². The number of nitrogens with one attached hydrogen (secondary N) is 2. The Labute approximate surface area is 140 Å². The van der Waals surface area contributed by atoms with Gasteiger partial charge in [0.05, 0.1) is 0 Å². The Morgan fingerprint density at radius 1 is 0.958 bits per heavy atom. The van der Waals surface area contributed by atoms with Crippen molar-refractivity contribution in [2.45, 2.75) is 26.4 Å². The van der Waals surface area contributed by atoms with E-state index in [-0.39, 0.29) is 11.7 Å². The van der Waals surface area contributed by atoms with E-state index in [2.05, 4.69) is 10.6 Å². The zero-order valence-corrected chi connectivity index (χ0v) is 13.8. The van der Waals surface area contributed by atoms with Crippen LogP contribution >= 0.6 is 0 Å². The third kappa shape index (κ3) is 5.31. The Hall–Kier alpha value is -3.02. The van der Waals surface area contributed by atoms with Gasteiger partial charge >= 0.3 is 6.09 Å². The first-order valence-electron chi connectivity index (χ1n) is 7.43. The van der Waals surface area contributed by atoms with Crippen LogP contribution in [0.1, 0.15) is 31.1 Å². The van der Waals surface area contributed by atoms with Gasteiger partial charge in [0.2, 0.25) is 0 Å². The second-order valence-electron chi connectivity index (χ2n) is 6.21. The first-order valence-corrected chi connectivity index (χ1v) is 7.43. The number of hydrogen-bond donors (Lipinski definition) is 3. The maximum atomic E-state index is 12.1. The summed E-state index contributed by atoms with van der Waals surface area (Å²) in [5.74, 6) is -0.307. The van der Waals surface area contributed by atoms with E-state index in [1.807, 2.05) is 0 Å². The SMILES string of the molecule is CC(C)(C)OC(=O)Nc1ccc(NC(=O)c2cccc(O)c2)cc1. The number of aromatic hydroxyl groups is 1. The molecule has 126 valence electrons. The number of carbonyl (C=O) groups is 2. The van der Waals surface area contributed by atoms with E-state index in [1.165, 1.54) is 12.1 Å². The smallest absolute Gasteiger partial charge is 0.412 e. The quantitative estimate of drug-likeness (QED) is 0.795. The van der Waals surface area contributed by atoms with Gasteiger partial charge in [-0.15, -0.1) is 0 Å². The van der Waals surface area contributed by atoms with Crippen molar-refractivity contribution in [2.75, 3.05) is 10.6 Å². The van der Waals surface area contributed by atoms with Crippen molar-refractivity contribution in [1.82, 2.24) is 0 Å². The van der Waals surface area contributed by atoms with Crippen LogP contribution in [0.2, 0.25) is 0 Å². The highest BCUT2D eigenvalue weighted by Crippen LogP contribution is 2.17. The van der Waals surface area contributed by atoms with Gasteiger partial charge < -0.3 is 15.2 Å². The summed E-state index contributed by atoms with van der Waals surface area (Å²) in [6, 6.07) is 12.7. The van der Waals surface area contributed by atoms with Crippen LogP contribution in [-0.2, 0) is 4.74 Å². The normalized spacial score (nSPS) is 10.8. The number of anilines is 2. The predicted octanol–water partition coefficient (Wildman–Crippen LogP) is 3.99. The lowest BCUT2D eigenvalue weighted by Gasteiger charge is -2.19. The Morgan fingerprint density at radius 3 is 2.08 bits per heavy atom. The molecule has 0 saturated carbocycles. The lowest BCUT2D eigenvalue weighted by Crippen LogP contribution is -2.27. The van der Waals surface area contributed by atoms with E-state index in [1.54, 1.807) is 57.2 Å². The molecule has 0 aliphatic rings. The van der Waals surface area contributed by atoms with Crippen LogP contribution in [0.15, 0.2) is 48.5 Å². The van der Waals surface area contributed by atoms with Crippen molar-refractivity contribution < 1.29 is 19.4 Å². The number of amides is 2. The van der Waals surface area contributed by atoms with Gasteiger partial charge in [0.1, 0.15) is 11.4 Å². The average Bonchev–Trinajstić information content (AvgIpc) is 2.47. The predicted molar refractivity (Wildman–Crippen MR) is 92.4 cm³/mol. The molecule has 2 rings (SSSR count). The standard InChI is InChI=1S/C18H20N2O4/c1-18(2,3)24-17(23)20-14-9-7-13(8-10-14)19-16(22)12-5-4-6-15(21)11-12/h4-11,21H,1-3H3,(H,19,22)(H,20,23). The largest absolute Gasteiger partial charge is 0.508 e. The highest BCUT2D eigenvalue weighted by Gasteiger charge is 2.16. The maximum Gasteiger partial charge on any atom is 0.412 e. The van der Waals surface area contributed by atoms with Crippen LogP contribution in [-0.4, -0.2) is 22.7 Å². The van der Waals surface area contributed by atoms with Gasteiger partial charge in [0.25, 0.3) is 5.91 Å². The molecule has 2 aromatic carbocycles. The highest BCUT2D eigenvalue weighted by molar-refractivity contribution is 6.04. The molecule has 24 heavy (non-hydrogen) atoms. The van der Waals surface area contributed by atoms with Gasteiger partial charge in [0.15, 0.2) is 0 Å². The molecule has 0 radical (unpaired) electrons.